The van der Waals surface area contributed by atoms with Gasteiger partial charge in [-0.1, -0.05) is 189 Å². The summed E-state index contributed by atoms with van der Waals surface area (Å²) >= 11 is 0. The van der Waals surface area contributed by atoms with Crippen molar-refractivity contribution in [2.24, 2.45) is 29.6 Å². The van der Waals surface area contributed by atoms with Gasteiger partial charge in [-0.25, -0.2) is 39.6 Å². The Labute approximate surface area is 682 Å². The van der Waals surface area contributed by atoms with E-state index in [9.17, 15) is 79.6 Å². The van der Waals surface area contributed by atoms with Crippen molar-refractivity contribution in [3.05, 3.63) is 273 Å². The van der Waals surface area contributed by atoms with Crippen LogP contribution in [0.1, 0.15) is 96.3 Å². The molecule has 618 valence electrons. The quantitative estimate of drug-likeness (QED) is 0.0261. The molecule has 3 unspecified atom stereocenters. The van der Waals surface area contributed by atoms with Crippen molar-refractivity contribution in [2.45, 2.75) is 174 Å². The maximum Gasteiger partial charge on any atom is 0.407 e. The maximum absolute atomic E-state index is 13.0. The molecule has 0 heterocycles. The van der Waals surface area contributed by atoms with Crippen molar-refractivity contribution in [2.75, 3.05) is 19.8 Å². The summed E-state index contributed by atoms with van der Waals surface area (Å²) in [4.78, 5) is 46.4. The molecule has 0 aliphatic heterocycles. The first kappa shape index (κ1) is 89.5. The Morgan fingerprint density at radius 2 is 0.586 bits per heavy atom. The lowest BCUT2D eigenvalue weighted by molar-refractivity contribution is -0.0286. The van der Waals surface area contributed by atoms with Crippen molar-refractivity contribution in [3.8, 4) is 0 Å². The summed E-state index contributed by atoms with van der Waals surface area (Å²) in [6, 6.07) is 96.2. The molecular formula is C86H91F6N3O15S6. The van der Waals surface area contributed by atoms with Crippen LogP contribution in [0.4, 0.5) is 40.7 Å². The van der Waals surface area contributed by atoms with Gasteiger partial charge in [0.15, 0.2) is 94.2 Å². The number of nitrogens with one attached hydrogen (secondary N) is 3. The second kappa shape index (κ2) is 41.5. The van der Waals surface area contributed by atoms with Gasteiger partial charge in [0, 0.05) is 17.6 Å². The zero-order valence-electron chi connectivity index (χ0n) is 63.1. The summed E-state index contributed by atoms with van der Waals surface area (Å²) in [6.45, 7) is -5.28. The van der Waals surface area contributed by atoms with E-state index >= 15 is 0 Å². The molecule has 16 rings (SSSR count). The van der Waals surface area contributed by atoms with Crippen LogP contribution in [0.3, 0.4) is 0 Å². The summed E-state index contributed by atoms with van der Waals surface area (Å²) < 4.78 is 181. The zero-order chi connectivity index (χ0) is 83.0. The number of alkyl carbamates (subject to hydrolysis) is 3. The maximum atomic E-state index is 13.0. The fourth-order valence-corrected chi connectivity index (χ4v) is 22.4. The van der Waals surface area contributed by atoms with Crippen LogP contribution < -0.4 is 16.0 Å². The zero-order valence-corrected chi connectivity index (χ0v) is 68.0. The number of ether oxygens (including phenoxy) is 3. The minimum atomic E-state index is -5.84. The molecule has 116 heavy (non-hydrogen) atoms. The molecule has 3 amide bonds. The summed E-state index contributed by atoms with van der Waals surface area (Å²) in [5.41, 5.74) is -0.419. The highest BCUT2D eigenvalue weighted by Crippen LogP contribution is 2.56. The van der Waals surface area contributed by atoms with Crippen LogP contribution in [0.15, 0.2) is 317 Å². The lowest BCUT2D eigenvalue weighted by Gasteiger charge is -2.56. The van der Waals surface area contributed by atoms with Crippen molar-refractivity contribution in [1.82, 2.24) is 16.0 Å². The van der Waals surface area contributed by atoms with E-state index in [1.807, 2.05) is 0 Å². The number of carbonyl (C=O) groups is 3. The van der Waals surface area contributed by atoms with E-state index in [4.69, 9.17) is 0 Å². The van der Waals surface area contributed by atoms with Crippen LogP contribution in [0.2, 0.25) is 0 Å². The van der Waals surface area contributed by atoms with Crippen LogP contribution in [0.5, 0.6) is 0 Å². The summed E-state index contributed by atoms with van der Waals surface area (Å²) in [5, 5.41) is -6.35. The molecule has 7 aliphatic rings. The lowest BCUT2D eigenvalue weighted by Crippen LogP contribution is -2.60. The van der Waals surface area contributed by atoms with Gasteiger partial charge in [0.25, 0.3) is 0 Å². The average molecular weight is 1710 g/mol. The molecule has 7 saturated carbocycles. The van der Waals surface area contributed by atoms with Crippen molar-refractivity contribution in [1.29, 1.82) is 0 Å². The fourth-order valence-electron chi connectivity index (χ4n) is 15.5. The van der Waals surface area contributed by atoms with Crippen LogP contribution in [0.25, 0.3) is 0 Å². The van der Waals surface area contributed by atoms with Gasteiger partial charge in [-0.05, 0) is 209 Å². The van der Waals surface area contributed by atoms with Gasteiger partial charge in [-0.2, -0.15) is 26.3 Å². The Hall–Kier alpha value is -8.85. The molecule has 0 aromatic heterocycles. The molecule has 3 atom stereocenters. The number of fused-ring (bicyclic) bond motifs is 2. The third kappa shape index (κ3) is 26.1. The topological polar surface area (TPSA) is 287 Å². The predicted octanol–water partition coefficient (Wildman–Crippen LogP) is 18.4. The number of hydrogen-bond donors (Lipinski definition) is 3. The normalized spacial score (nSPS) is 20.1. The summed E-state index contributed by atoms with van der Waals surface area (Å²) in [5.74, 6) is 2.54. The molecule has 18 nitrogen and oxygen atoms in total. The van der Waals surface area contributed by atoms with Crippen molar-refractivity contribution in [3.63, 3.8) is 0 Å². The first-order chi connectivity index (χ1) is 55.3. The molecule has 7 aliphatic carbocycles. The summed E-state index contributed by atoms with van der Waals surface area (Å²) in [7, 11) is -17.5. The Morgan fingerprint density at radius 3 is 0.819 bits per heavy atom. The van der Waals surface area contributed by atoms with Crippen LogP contribution in [-0.4, -0.2) is 110 Å². The second-order valence-electron chi connectivity index (χ2n) is 29.0. The first-order valence-electron chi connectivity index (χ1n) is 37.8. The van der Waals surface area contributed by atoms with Gasteiger partial charge >= 0.3 is 34.0 Å². The van der Waals surface area contributed by atoms with E-state index in [2.05, 4.69) is 303 Å². The average Bonchev–Trinajstić information content (AvgIpc) is 1.26. The van der Waals surface area contributed by atoms with Gasteiger partial charge in [0.1, 0.15) is 0 Å². The van der Waals surface area contributed by atoms with E-state index in [1.165, 1.54) is 44.1 Å². The van der Waals surface area contributed by atoms with E-state index in [0.29, 0.717) is 29.6 Å². The molecule has 6 bridgehead atoms. The molecule has 9 aromatic carbocycles. The first-order valence-corrected chi connectivity index (χ1v) is 45.7. The highest BCUT2D eigenvalue weighted by molar-refractivity contribution is 7.97. The largest absolute Gasteiger partial charge is 0.743 e. The Bertz CT molecular complexity index is 4310. The van der Waals surface area contributed by atoms with Crippen LogP contribution in [0, 0.1) is 29.6 Å². The minimum absolute atomic E-state index is 0.0146. The molecule has 0 radical (unpaired) electrons. The second-order valence-corrected chi connectivity index (χ2v) is 39.6. The minimum Gasteiger partial charge on any atom is -0.743 e. The third-order valence-electron chi connectivity index (χ3n) is 20.4. The van der Waals surface area contributed by atoms with E-state index in [1.54, 1.807) is 0 Å². The lowest BCUT2D eigenvalue weighted by atomic mass is 9.53. The van der Waals surface area contributed by atoms with Crippen LogP contribution >= 0.6 is 0 Å². The Kier molecular flexibility index (Phi) is 32.0. The number of amides is 3. The predicted molar refractivity (Wildman–Crippen MR) is 429 cm³/mol. The monoisotopic (exact) mass is 1710 g/mol. The Morgan fingerprint density at radius 1 is 0.336 bits per heavy atom. The molecule has 30 heteroatoms. The third-order valence-corrected chi connectivity index (χ3v) is 29.6. The van der Waals surface area contributed by atoms with E-state index in [0.717, 1.165) is 96.3 Å². The highest BCUT2D eigenvalue weighted by Gasteiger charge is 2.52. The highest BCUT2D eigenvalue weighted by atomic mass is 32.2. The molecule has 9 aromatic rings. The van der Waals surface area contributed by atoms with Crippen molar-refractivity contribution < 1.29 is 93.8 Å². The van der Waals surface area contributed by atoms with Crippen LogP contribution in [-0.2, 0) is 77.2 Å². The standard InChI is InChI=1S/3C18H15S.C13H19F2NO5S.C10H15F2NO5S.C9H15F2NO5S/c3*1-4-10-16(11-5-1)19(17-12-6-2-7-13-17)18-14-8-3-9-15-18;14-13(15,22(18,19)20)7-21-11(17)16-12-4-8-1-9(5-12)3-10(2-8)6-12;11-10(12,19(15,16)17)5-18-9(14)13-8-4-6-1-2-7(8)3-6;10-9(11,18(14,15)16)6-17-8(13)12-7-4-2-1-3-5-7/h3*1-15H;8-10H,1-7H2,(H,16,17)(H,18,19,20);6-8H,1-5H2,(H,13,14)(H,15,16,17);7H,1-6H2,(H,12,13)(H,14,15,16)/q3*+1;;;/p-3. The van der Waals surface area contributed by atoms with Crippen molar-refractivity contribution >= 4 is 81.3 Å². The molecule has 3 N–H and O–H groups in total. The molecule has 7 fully saturated rings. The van der Waals surface area contributed by atoms with E-state index < -0.39 is 89.8 Å². The van der Waals surface area contributed by atoms with E-state index in [-0.39, 0.29) is 44.8 Å². The molecule has 0 saturated heterocycles. The Balaban J connectivity index is 0.000000147. The number of hydrogen-bond acceptors (Lipinski definition) is 15. The number of rotatable bonds is 21. The smallest absolute Gasteiger partial charge is 0.407 e. The molecular weight excluding hydrogens is 1620 g/mol. The van der Waals surface area contributed by atoms with Gasteiger partial charge in [0.05, 0.1) is 32.7 Å². The number of alkyl halides is 6. The number of halogens is 6. The molecule has 0 spiro atoms. The SMILES string of the molecule is O=C(NC12CC3CC(CC(C3)C1)C2)OCC(F)(F)S(=O)(=O)[O-].O=C(NC1CC2CCC1C2)OCC(F)(F)S(=O)(=O)[O-].O=C(NC1CCCCC1)OCC(F)(F)S(=O)(=O)[O-].c1ccc([S+](c2ccccc2)c2ccccc2)cc1.c1ccc([S+](c2ccccc2)c2ccccc2)cc1.c1ccc([S+](c2ccccc2)c2ccccc2)cc1. The van der Waals surface area contributed by atoms with Gasteiger partial charge < -0.3 is 43.8 Å². The van der Waals surface area contributed by atoms with Gasteiger partial charge in [-0.3, -0.25) is 0 Å². The summed E-state index contributed by atoms with van der Waals surface area (Å²) in [6.07, 6.45) is 10.8. The van der Waals surface area contributed by atoms with Gasteiger partial charge in [-0.15, -0.1) is 0 Å². The number of benzene rings is 9. The number of carbonyl (C=O) groups excluding carboxylic acids is 3. The fraction of sp³-hybridized carbons (Fsp3) is 0.337. The van der Waals surface area contributed by atoms with Gasteiger partial charge in [0.2, 0.25) is 0 Å².